The summed E-state index contributed by atoms with van der Waals surface area (Å²) in [5, 5.41) is 3.03. The first kappa shape index (κ1) is 31.5. The smallest absolute Gasteiger partial charge is 0.223 e. The quantitative estimate of drug-likeness (QED) is 0.108. The molecule has 0 unspecified atom stereocenters. The average molecular weight is 592 g/mol. The Morgan fingerprint density at radius 3 is 2.14 bits per heavy atom. The van der Waals surface area contributed by atoms with E-state index in [0.29, 0.717) is 18.3 Å². The van der Waals surface area contributed by atoms with E-state index in [1.807, 2.05) is 24.3 Å². The van der Waals surface area contributed by atoms with Crippen LogP contribution in [-0.2, 0) is 11.2 Å². The van der Waals surface area contributed by atoms with Crippen LogP contribution in [0, 0.1) is 46.3 Å². The first-order valence-corrected chi connectivity index (χ1v) is 14.5. The molecule has 5 nitrogen and oxygen atoms in total. The lowest BCUT2D eigenvalue weighted by Gasteiger charge is -2.36. The lowest BCUT2D eigenvalue weighted by molar-refractivity contribution is -0.127. The number of unbranched alkanes of at least 4 members (excludes halogenated alkanes) is 1. The molecule has 1 saturated carbocycles. The highest BCUT2D eigenvalue weighted by molar-refractivity contribution is 5.79. The molecule has 42 heavy (non-hydrogen) atoms. The average Bonchev–Trinajstić information content (AvgIpc) is 3.45. The van der Waals surface area contributed by atoms with Crippen molar-refractivity contribution in [2.75, 3.05) is 6.61 Å². The summed E-state index contributed by atoms with van der Waals surface area (Å²) < 4.78 is 76.1. The summed E-state index contributed by atoms with van der Waals surface area (Å²) in [6, 6.07) is 6.59. The van der Waals surface area contributed by atoms with Crippen molar-refractivity contribution in [3.63, 3.8) is 0 Å². The van der Waals surface area contributed by atoms with Gasteiger partial charge >= 0.3 is 0 Å². The van der Waals surface area contributed by atoms with Gasteiger partial charge in [-0.1, -0.05) is 46.2 Å². The third kappa shape index (κ3) is 7.13. The normalized spacial score (nSPS) is 18.1. The molecular weight excluding hydrogens is 553 g/mol. The number of nitrogens with zero attached hydrogens (tertiary/aromatic N) is 1. The number of nitrogens with one attached hydrogen (secondary N) is 2. The third-order valence-electron chi connectivity index (χ3n) is 8.17. The van der Waals surface area contributed by atoms with Crippen LogP contribution >= 0.6 is 0 Å². The van der Waals surface area contributed by atoms with Crippen molar-refractivity contribution in [3.8, 4) is 17.0 Å². The molecule has 0 spiro atoms. The summed E-state index contributed by atoms with van der Waals surface area (Å²) in [5.74, 6) is -9.26. The zero-order valence-electron chi connectivity index (χ0n) is 24.4. The van der Waals surface area contributed by atoms with E-state index in [0.717, 1.165) is 50.3 Å². The van der Waals surface area contributed by atoms with Gasteiger partial charge in [0, 0.05) is 5.92 Å². The van der Waals surface area contributed by atoms with Crippen molar-refractivity contribution in [2.24, 2.45) is 17.3 Å². The molecule has 2 aromatic carbocycles. The number of carbonyl (C=O) groups excluding carboxylic acids is 1. The Morgan fingerprint density at radius 2 is 1.57 bits per heavy atom. The second kappa shape index (κ2) is 13.3. The summed E-state index contributed by atoms with van der Waals surface area (Å²) in [6.45, 7) is 9.27. The van der Waals surface area contributed by atoms with Crippen LogP contribution in [0.2, 0.25) is 0 Å². The number of H-pyrrole nitrogens is 1. The third-order valence-corrected chi connectivity index (χ3v) is 8.17. The maximum absolute atomic E-state index is 14.5. The van der Waals surface area contributed by atoms with Crippen LogP contribution in [0.1, 0.15) is 83.6 Å². The van der Waals surface area contributed by atoms with E-state index in [2.05, 4.69) is 43.0 Å². The van der Waals surface area contributed by atoms with E-state index in [1.165, 1.54) is 0 Å². The number of halogens is 5. The zero-order valence-corrected chi connectivity index (χ0v) is 24.4. The molecule has 1 atom stereocenters. The van der Waals surface area contributed by atoms with E-state index >= 15 is 0 Å². The van der Waals surface area contributed by atoms with Crippen LogP contribution in [0.15, 0.2) is 30.5 Å². The summed E-state index contributed by atoms with van der Waals surface area (Å²) in [4.78, 5) is 20.3. The largest absolute Gasteiger partial charge is 0.494 e. The van der Waals surface area contributed by atoms with Gasteiger partial charge in [0.25, 0.3) is 0 Å². The highest BCUT2D eigenvalue weighted by Gasteiger charge is 2.34. The van der Waals surface area contributed by atoms with Crippen LogP contribution < -0.4 is 10.1 Å². The van der Waals surface area contributed by atoms with E-state index in [-0.39, 0.29) is 35.2 Å². The topological polar surface area (TPSA) is 67.0 Å². The van der Waals surface area contributed by atoms with Gasteiger partial charge in [-0.2, -0.15) is 0 Å². The van der Waals surface area contributed by atoms with Crippen molar-refractivity contribution >= 4 is 5.91 Å². The van der Waals surface area contributed by atoms with Gasteiger partial charge in [0.2, 0.25) is 11.7 Å². The SMILES string of the molecule is CCCCOc1ccc(C[C@H](NC(=O)C2CCC(C(C)(C)C)CC2)c2ncc(-c3c(F)c(F)c(F)c(F)c3F)[nH]2)cc1. The number of hydrogen-bond donors (Lipinski definition) is 2. The Labute approximate surface area is 243 Å². The molecule has 0 aliphatic heterocycles. The van der Waals surface area contributed by atoms with Gasteiger partial charge in [-0.25, -0.2) is 26.9 Å². The standard InChI is InChI=1S/C32H38F5N3O2/c1-5-6-15-42-21-13-7-18(8-14-21)16-22(40-31(41)19-9-11-20(12-10-19)32(2,3)4)30-38-17-23(39-30)24-25(33)27(35)29(37)28(36)26(24)34/h7-8,13-14,17,19-20,22H,5-6,9-12,15-16H2,1-4H3,(H,38,39)(H,40,41)/t19?,20?,22-/m0/s1. The van der Waals surface area contributed by atoms with Gasteiger partial charge in [-0.05, 0) is 67.6 Å². The Kier molecular flexibility index (Phi) is 9.94. The van der Waals surface area contributed by atoms with Gasteiger partial charge < -0.3 is 15.0 Å². The predicted octanol–water partition coefficient (Wildman–Crippen LogP) is 8.20. The molecule has 2 N–H and O–H groups in total. The number of amides is 1. The van der Waals surface area contributed by atoms with Crippen molar-refractivity contribution in [1.82, 2.24) is 15.3 Å². The molecule has 1 aliphatic carbocycles. The second-order valence-electron chi connectivity index (χ2n) is 12.2. The number of carbonyl (C=O) groups is 1. The summed E-state index contributed by atoms with van der Waals surface area (Å²) in [6.07, 6.45) is 6.53. The van der Waals surface area contributed by atoms with Gasteiger partial charge in [-0.15, -0.1) is 0 Å². The van der Waals surface area contributed by atoms with Crippen molar-refractivity contribution in [2.45, 2.75) is 78.7 Å². The Balaban J connectivity index is 1.58. The molecule has 1 heterocycles. The molecular formula is C32H38F5N3O2. The van der Waals surface area contributed by atoms with Gasteiger partial charge in [-0.3, -0.25) is 4.79 Å². The van der Waals surface area contributed by atoms with Gasteiger partial charge in [0.15, 0.2) is 23.3 Å². The second-order valence-corrected chi connectivity index (χ2v) is 12.2. The lowest BCUT2D eigenvalue weighted by Crippen LogP contribution is -2.38. The molecule has 0 saturated heterocycles. The highest BCUT2D eigenvalue weighted by atomic mass is 19.2. The monoisotopic (exact) mass is 591 g/mol. The van der Waals surface area contributed by atoms with Crippen LogP contribution in [-0.4, -0.2) is 22.5 Å². The fraction of sp³-hybridized carbons (Fsp3) is 0.500. The molecule has 1 aromatic heterocycles. The highest BCUT2D eigenvalue weighted by Crippen LogP contribution is 2.40. The molecule has 0 radical (unpaired) electrons. The number of hydrogen-bond acceptors (Lipinski definition) is 3. The van der Waals surface area contributed by atoms with Crippen LogP contribution in [0.25, 0.3) is 11.3 Å². The molecule has 228 valence electrons. The zero-order chi connectivity index (χ0) is 30.6. The maximum atomic E-state index is 14.5. The molecule has 4 rings (SSSR count). The summed E-state index contributed by atoms with van der Waals surface area (Å²) in [5.41, 5.74) is -0.509. The van der Waals surface area contributed by atoms with Crippen molar-refractivity contribution in [3.05, 3.63) is 70.9 Å². The van der Waals surface area contributed by atoms with Gasteiger partial charge in [0.05, 0.1) is 30.1 Å². The number of benzene rings is 2. The van der Waals surface area contributed by atoms with Gasteiger partial charge in [0.1, 0.15) is 11.6 Å². The van der Waals surface area contributed by atoms with Crippen LogP contribution in [0.3, 0.4) is 0 Å². The minimum absolute atomic E-state index is 0.133. The molecule has 1 fully saturated rings. The molecule has 1 amide bonds. The molecule has 10 heteroatoms. The number of imidazole rings is 1. The minimum atomic E-state index is -2.23. The minimum Gasteiger partial charge on any atom is -0.494 e. The number of ether oxygens (including phenoxy) is 1. The van der Waals surface area contributed by atoms with E-state index in [9.17, 15) is 26.7 Å². The molecule has 0 bridgehead atoms. The Hall–Kier alpha value is -3.43. The van der Waals surface area contributed by atoms with E-state index in [4.69, 9.17) is 4.74 Å². The summed E-state index contributed by atoms with van der Waals surface area (Å²) >= 11 is 0. The number of aromatic amines is 1. The first-order valence-electron chi connectivity index (χ1n) is 14.5. The lowest BCUT2D eigenvalue weighted by atomic mass is 9.69. The van der Waals surface area contributed by atoms with Crippen molar-refractivity contribution in [1.29, 1.82) is 0 Å². The Bertz CT molecular complexity index is 1350. The molecule has 3 aromatic rings. The molecule has 1 aliphatic rings. The van der Waals surface area contributed by atoms with Crippen LogP contribution in [0.4, 0.5) is 22.0 Å². The number of aromatic nitrogens is 2. The van der Waals surface area contributed by atoms with Crippen molar-refractivity contribution < 1.29 is 31.5 Å². The van der Waals surface area contributed by atoms with E-state index in [1.54, 1.807) is 0 Å². The maximum Gasteiger partial charge on any atom is 0.223 e. The van der Waals surface area contributed by atoms with Crippen LogP contribution in [0.5, 0.6) is 5.75 Å². The number of rotatable bonds is 10. The fourth-order valence-electron chi connectivity index (χ4n) is 5.50. The fourth-order valence-corrected chi connectivity index (χ4v) is 5.50. The first-order chi connectivity index (χ1) is 19.9. The predicted molar refractivity (Wildman–Crippen MR) is 150 cm³/mol. The summed E-state index contributed by atoms with van der Waals surface area (Å²) in [7, 11) is 0. The Morgan fingerprint density at radius 1 is 0.976 bits per heavy atom. The van der Waals surface area contributed by atoms with E-state index < -0.39 is 40.7 Å².